The molecule has 0 saturated heterocycles. The van der Waals surface area contributed by atoms with Crippen molar-refractivity contribution in [3.05, 3.63) is 75.4 Å². The van der Waals surface area contributed by atoms with E-state index in [2.05, 4.69) is 30.8 Å². The highest BCUT2D eigenvalue weighted by Crippen LogP contribution is 2.24. The number of nitriles is 1. The third-order valence-electron chi connectivity index (χ3n) is 3.97. The van der Waals surface area contributed by atoms with Crippen molar-refractivity contribution in [1.29, 1.82) is 5.26 Å². The number of halogens is 2. The predicted octanol–water partition coefficient (Wildman–Crippen LogP) is 4.59. The number of fused-ring (bicyclic) bond motifs is 1. The Morgan fingerprint density at radius 1 is 0.920 bits per heavy atom. The van der Waals surface area contributed by atoms with Crippen molar-refractivity contribution in [1.82, 2.24) is 0 Å². The molecule has 25 heavy (non-hydrogen) atoms. The fraction of sp³-hybridized carbons (Fsp3) is 0.136. The van der Waals surface area contributed by atoms with Crippen molar-refractivity contribution in [3.8, 4) is 29.8 Å². The summed E-state index contributed by atoms with van der Waals surface area (Å²) in [6.45, 7) is 2.12. The van der Waals surface area contributed by atoms with E-state index < -0.39 is 17.2 Å². The Balaban J connectivity index is 1.91. The molecule has 0 radical (unpaired) electrons. The minimum Gasteiger partial charge on any atom is -0.205 e. The second-order valence-corrected chi connectivity index (χ2v) is 5.83. The second kappa shape index (κ2) is 7.04. The Morgan fingerprint density at radius 2 is 1.64 bits per heavy atom. The molecule has 0 bridgehead atoms. The van der Waals surface area contributed by atoms with Crippen LogP contribution in [0.25, 0.3) is 6.08 Å². The van der Waals surface area contributed by atoms with Gasteiger partial charge in [0.05, 0.1) is 5.56 Å². The summed E-state index contributed by atoms with van der Waals surface area (Å²) in [7, 11) is 0. The van der Waals surface area contributed by atoms with Crippen molar-refractivity contribution < 1.29 is 8.78 Å². The largest absolute Gasteiger partial charge is 0.205 e. The fourth-order valence-electron chi connectivity index (χ4n) is 2.71. The van der Waals surface area contributed by atoms with Crippen molar-refractivity contribution in [2.24, 2.45) is 0 Å². The smallest absolute Gasteiger partial charge is 0.152 e. The van der Waals surface area contributed by atoms with Gasteiger partial charge in [-0.1, -0.05) is 29.6 Å². The number of nitrogens with zero attached hydrogens (tertiary/aromatic N) is 1. The quantitative estimate of drug-likeness (QED) is 0.649. The van der Waals surface area contributed by atoms with E-state index in [0.29, 0.717) is 0 Å². The van der Waals surface area contributed by atoms with E-state index in [1.54, 1.807) is 0 Å². The van der Waals surface area contributed by atoms with Gasteiger partial charge in [0, 0.05) is 17.0 Å². The third kappa shape index (κ3) is 3.77. The van der Waals surface area contributed by atoms with Crippen LogP contribution >= 0.6 is 0 Å². The number of aryl methyl sites for hydroxylation is 1. The summed E-state index contributed by atoms with van der Waals surface area (Å²) in [4.78, 5) is 0. The lowest BCUT2D eigenvalue weighted by molar-refractivity contribution is 0.577. The zero-order valence-electron chi connectivity index (χ0n) is 13.6. The molecule has 0 atom stereocenters. The average Bonchev–Trinajstić information content (AvgIpc) is 2.59. The Morgan fingerprint density at radius 3 is 2.36 bits per heavy atom. The van der Waals surface area contributed by atoms with Crippen molar-refractivity contribution in [2.45, 2.75) is 19.8 Å². The van der Waals surface area contributed by atoms with Crippen LogP contribution in [0, 0.1) is 46.6 Å². The lowest BCUT2D eigenvalue weighted by Crippen LogP contribution is -1.97. The Hall–Kier alpha value is -3.35. The van der Waals surface area contributed by atoms with Gasteiger partial charge in [-0.15, -0.1) is 0 Å². The minimum atomic E-state index is -0.821. The van der Waals surface area contributed by atoms with Gasteiger partial charge in [-0.05, 0) is 61.1 Å². The molecule has 2 aromatic carbocycles. The van der Waals surface area contributed by atoms with Gasteiger partial charge in [0.1, 0.15) is 11.6 Å². The first-order valence-electron chi connectivity index (χ1n) is 7.78. The van der Waals surface area contributed by atoms with Gasteiger partial charge in [-0.3, -0.25) is 0 Å². The molecule has 0 spiro atoms. The van der Waals surface area contributed by atoms with Crippen LogP contribution in [0.5, 0.6) is 0 Å². The number of hydrogen-bond acceptors (Lipinski definition) is 1. The number of hydrogen-bond donors (Lipinski definition) is 0. The van der Waals surface area contributed by atoms with E-state index >= 15 is 0 Å². The third-order valence-corrected chi connectivity index (χ3v) is 3.97. The van der Waals surface area contributed by atoms with Crippen LogP contribution in [0.15, 0.2) is 35.9 Å². The van der Waals surface area contributed by atoms with Crippen LogP contribution in [-0.2, 0) is 6.42 Å². The summed E-state index contributed by atoms with van der Waals surface area (Å²) in [6, 6.07) is 9.73. The van der Waals surface area contributed by atoms with Crippen LogP contribution in [0.4, 0.5) is 8.78 Å². The molecule has 0 amide bonds. The van der Waals surface area contributed by atoms with Crippen molar-refractivity contribution in [3.63, 3.8) is 0 Å². The van der Waals surface area contributed by atoms with Gasteiger partial charge in [0.15, 0.2) is 6.07 Å². The van der Waals surface area contributed by atoms with E-state index in [-0.39, 0.29) is 5.56 Å². The molecule has 2 aromatic rings. The van der Waals surface area contributed by atoms with E-state index in [9.17, 15) is 8.78 Å². The molecule has 1 nitrogen and oxygen atoms in total. The van der Waals surface area contributed by atoms with Gasteiger partial charge in [-0.25, -0.2) is 8.78 Å². The summed E-state index contributed by atoms with van der Waals surface area (Å²) in [5.41, 5.74) is 4.41. The van der Waals surface area contributed by atoms with Gasteiger partial charge < -0.3 is 0 Å². The van der Waals surface area contributed by atoms with Crippen LogP contribution in [0.1, 0.15) is 41.2 Å². The number of allylic oxidation sites excluding steroid dienone is 1. The number of benzene rings is 2. The molecule has 0 fully saturated rings. The molecular weight excluding hydrogens is 316 g/mol. The second-order valence-electron chi connectivity index (χ2n) is 5.83. The van der Waals surface area contributed by atoms with Crippen LogP contribution in [0.3, 0.4) is 0 Å². The first-order valence-corrected chi connectivity index (χ1v) is 7.78. The maximum Gasteiger partial charge on any atom is 0.152 e. The molecule has 3 heteroatoms. The lowest BCUT2D eigenvalue weighted by atomic mass is 9.91. The van der Waals surface area contributed by atoms with E-state index in [0.717, 1.165) is 30.5 Å². The van der Waals surface area contributed by atoms with Crippen LogP contribution in [-0.4, -0.2) is 0 Å². The Kier molecular flexibility index (Phi) is 4.65. The summed E-state index contributed by atoms with van der Waals surface area (Å²) < 4.78 is 27.8. The maximum atomic E-state index is 13.9. The maximum absolute atomic E-state index is 13.9. The highest BCUT2D eigenvalue weighted by atomic mass is 19.1. The Bertz CT molecular complexity index is 1020. The topological polar surface area (TPSA) is 23.8 Å². The standard InChI is InChI=1S/C22H13F2N/c1-15-4-8-19-12-16(7-9-18(19)11-15)5-6-17-13-21(23)20(3-2-10-25)22(24)14-17/h7,9,11-14H,4,8H2,1H3. The average molecular weight is 329 g/mol. The van der Waals surface area contributed by atoms with E-state index in [1.165, 1.54) is 22.8 Å². The molecule has 0 N–H and O–H groups in total. The molecule has 1 aliphatic carbocycles. The minimum absolute atomic E-state index is 0.228. The summed E-state index contributed by atoms with van der Waals surface area (Å²) in [6.07, 6.45) is 4.18. The van der Waals surface area contributed by atoms with Crippen molar-refractivity contribution >= 4 is 6.08 Å². The summed E-state index contributed by atoms with van der Waals surface area (Å²) >= 11 is 0. The molecule has 3 rings (SSSR count). The molecule has 1 aliphatic rings. The predicted molar refractivity (Wildman–Crippen MR) is 93.2 cm³/mol. The highest BCUT2D eigenvalue weighted by Gasteiger charge is 2.09. The molecular formula is C22H13F2N. The van der Waals surface area contributed by atoms with Gasteiger partial charge in [0.2, 0.25) is 0 Å². The molecule has 0 unspecified atom stereocenters. The first kappa shape index (κ1) is 16.5. The molecule has 0 heterocycles. The SMILES string of the molecule is CC1=Cc2ccc(C#Cc3cc(F)c(C#CC#N)c(F)c3)cc2CC1. The summed E-state index contributed by atoms with van der Waals surface area (Å²) in [5, 5.41) is 8.38. The normalized spacial score (nSPS) is 11.8. The van der Waals surface area contributed by atoms with Crippen LogP contribution in [0.2, 0.25) is 0 Å². The zero-order valence-corrected chi connectivity index (χ0v) is 13.6. The molecule has 0 aromatic heterocycles. The first-order chi connectivity index (χ1) is 12.1. The number of rotatable bonds is 0. The van der Waals surface area contributed by atoms with Crippen LogP contribution < -0.4 is 0 Å². The molecule has 0 aliphatic heterocycles. The van der Waals surface area contributed by atoms with Gasteiger partial charge >= 0.3 is 0 Å². The van der Waals surface area contributed by atoms with Gasteiger partial charge in [0.25, 0.3) is 0 Å². The zero-order chi connectivity index (χ0) is 17.8. The summed E-state index contributed by atoms with van der Waals surface area (Å²) in [5.74, 6) is 8.23. The van der Waals surface area contributed by atoms with Gasteiger partial charge in [-0.2, -0.15) is 5.26 Å². The van der Waals surface area contributed by atoms with E-state index in [4.69, 9.17) is 5.26 Å². The lowest BCUT2D eigenvalue weighted by Gasteiger charge is -2.13. The molecule has 120 valence electrons. The van der Waals surface area contributed by atoms with E-state index in [1.807, 2.05) is 24.1 Å². The highest BCUT2D eigenvalue weighted by molar-refractivity contribution is 5.61. The van der Waals surface area contributed by atoms with Crippen molar-refractivity contribution in [2.75, 3.05) is 0 Å². The monoisotopic (exact) mass is 329 g/mol. The Labute approximate surface area is 145 Å². The molecule has 0 saturated carbocycles. The fourth-order valence-corrected chi connectivity index (χ4v) is 2.71.